The van der Waals surface area contributed by atoms with Crippen LogP contribution >= 0.6 is 0 Å². The molecular weight excluding hydrogens is 260 g/mol. The van der Waals surface area contributed by atoms with Crippen molar-refractivity contribution in [1.29, 1.82) is 0 Å². The summed E-state index contributed by atoms with van der Waals surface area (Å²) in [4.78, 5) is 2.45. The van der Waals surface area contributed by atoms with Crippen molar-refractivity contribution in [2.24, 2.45) is 5.73 Å². The fourth-order valence-corrected chi connectivity index (χ4v) is 3.14. The molecule has 0 saturated carbocycles. The lowest BCUT2D eigenvalue weighted by atomic mass is 10.1. The van der Waals surface area contributed by atoms with Gasteiger partial charge in [-0.25, -0.2) is 0 Å². The highest BCUT2D eigenvalue weighted by molar-refractivity contribution is 5.60. The summed E-state index contributed by atoms with van der Waals surface area (Å²) in [7, 11) is 1.72. The van der Waals surface area contributed by atoms with Crippen molar-refractivity contribution < 1.29 is 4.74 Å². The summed E-state index contributed by atoms with van der Waals surface area (Å²) in [6.45, 7) is 3.69. The lowest BCUT2D eigenvalue weighted by molar-refractivity contribution is 0.408. The van der Waals surface area contributed by atoms with Gasteiger partial charge in [-0.2, -0.15) is 0 Å². The molecule has 2 aromatic carbocycles. The van der Waals surface area contributed by atoms with E-state index in [1.54, 1.807) is 7.11 Å². The van der Waals surface area contributed by atoms with Gasteiger partial charge in [0.05, 0.1) is 7.11 Å². The molecule has 0 aromatic heterocycles. The molecule has 0 aliphatic carbocycles. The van der Waals surface area contributed by atoms with Crippen LogP contribution in [0.5, 0.6) is 5.75 Å². The number of benzene rings is 2. The van der Waals surface area contributed by atoms with Gasteiger partial charge in [-0.15, -0.1) is 0 Å². The van der Waals surface area contributed by atoms with Crippen LogP contribution in [-0.4, -0.2) is 13.2 Å². The van der Waals surface area contributed by atoms with Crippen molar-refractivity contribution in [3.8, 4) is 5.75 Å². The highest BCUT2D eigenvalue weighted by atomic mass is 16.5. The van der Waals surface area contributed by atoms with E-state index in [-0.39, 0.29) is 0 Å². The third-order valence-corrected chi connectivity index (χ3v) is 4.27. The van der Waals surface area contributed by atoms with Crippen LogP contribution in [0, 0.1) is 0 Å². The van der Waals surface area contributed by atoms with E-state index in [2.05, 4.69) is 42.2 Å². The standard InChI is InChI=1S/C18H22N2O/c1-13-9-15-5-3-4-6-17(15)20(13)12-16-10-14(11-19)7-8-18(16)21-2/h3-8,10,13H,9,11-12,19H2,1-2H3. The molecule has 0 bridgehead atoms. The summed E-state index contributed by atoms with van der Waals surface area (Å²) >= 11 is 0. The lowest BCUT2D eigenvalue weighted by Gasteiger charge is -2.26. The third kappa shape index (κ3) is 2.61. The highest BCUT2D eigenvalue weighted by Crippen LogP contribution is 2.34. The second-order valence-corrected chi connectivity index (χ2v) is 5.66. The van der Waals surface area contributed by atoms with Crippen LogP contribution in [0.25, 0.3) is 0 Å². The average Bonchev–Trinajstić information content (AvgIpc) is 2.83. The predicted molar refractivity (Wildman–Crippen MR) is 86.7 cm³/mol. The Morgan fingerprint density at radius 3 is 2.81 bits per heavy atom. The van der Waals surface area contributed by atoms with Gasteiger partial charge in [0.1, 0.15) is 5.75 Å². The third-order valence-electron chi connectivity index (χ3n) is 4.27. The molecule has 2 aromatic rings. The number of fused-ring (bicyclic) bond motifs is 1. The monoisotopic (exact) mass is 282 g/mol. The fourth-order valence-electron chi connectivity index (χ4n) is 3.14. The molecule has 2 N–H and O–H groups in total. The zero-order chi connectivity index (χ0) is 14.8. The first-order valence-electron chi connectivity index (χ1n) is 7.43. The Kier molecular flexibility index (Phi) is 3.84. The minimum absolute atomic E-state index is 0.508. The number of para-hydroxylation sites is 1. The van der Waals surface area contributed by atoms with Crippen LogP contribution in [0.4, 0.5) is 5.69 Å². The molecule has 1 aliphatic rings. The van der Waals surface area contributed by atoms with Crippen LogP contribution < -0.4 is 15.4 Å². The largest absolute Gasteiger partial charge is 0.496 e. The van der Waals surface area contributed by atoms with Gasteiger partial charge in [-0.1, -0.05) is 24.3 Å². The first-order chi connectivity index (χ1) is 10.2. The molecule has 1 heterocycles. The maximum atomic E-state index is 5.77. The molecule has 1 atom stereocenters. The summed E-state index contributed by atoms with van der Waals surface area (Å²) < 4.78 is 5.51. The quantitative estimate of drug-likeness (QED) is 0.936. The maximum absolute atomic E-state index is 5.77. The van der Waals surface area contributed by atoms with Crippen molar-refractivity contribution in [3.63, 3.8) is 0 Å². The molecule has 3 nitrogen and oxygen atoms in total. The van der Waals surface area contributed by atoms with E-state index in [1.807, 2.05) is 12.1 Å². The van der Waals surface area contributed by atoms with Crippen LogP contribution in [0.15, 0.2) is 42.5 Å². The Labute approximate surface area is 126 Å². The minimum atomic E-state index is 0.508. The molecule has 0 spiro atoms. The number of nitrogens with zero attached hydrogens (tertiary/aromatic N) is 1. The Morgan fingerprint density at radius 1 is 1.24 bits per heavy atom. The van der Waals surface area contributed by atoms with E-state index in [4.69, 9.17) is 10.5 Å². The van der Waals surface area contributed by atoms with Crippen LogP contribution in [0.3, 0.4) is 0 Å². The summed E-state index contributed by atoms with van der Waals surface area (Å²) in [5.41, 5.74) is 10.9. The zero-order valence-corrected chi connectivity index (χ0v) is 12.7. The van der Waals surface area contributed by atoms with Crippen LogP contribution in [0.1, 0.15) is 23.6 Å². The van der Waals surface area contributed by atoms with E-state index >= 15 is 0 Å². The van der Waals surface area contributed by atoms with E-state index in [1.165, 1.54) is 16.8 Å². The van der Waals surface area contributed by atoms with Gasteiger partial charge in [0.25, 0.3) is 0 Å². The number of hydrogen-bond donors (Lipinski definition) is 1. The summed E-state index contributed by atoms with van der Waals surface area (Å²) in [6.07, 6.45) is 1.11. The number of anilines is 1. The predicted octanol–water partition coefficient (Wildman–Crippen LogP) is 3.11. The summed E-state index contributed by atoms with van der Waals surface area (Å²) in [5.74, 6) is 0.934. The number of nitrogens with two attached hydrogens (primary N) is 1. The lowest BCUT2D eigenvalue weighted by Crippen LogP contribution is -2.28. The molecule has 110 valence electrons. The molecule has 3 rings (SSSR count). The molecule has 0 amide bonds. The molecule has 1 unspecified atom stereocenters. The summed E-state index contributed by atoms with van der Waals surface area (Å²) in [6, 6.07) is 15.4. The Morgan fingerprint density at radius 2 is 2.05 bits per heavy atom. The van der Waals surface area contributed by atoms with Gasteiger partial charge in [0, 0.05) is 30.4 Å². The molecule has 0 saturated heterocycles. The van der Waals surface area contributed by atoms with Crippen molar-refractivity contribution in [2.45, 2.75) is 32.5 Å². The van der Waals surface area contributed by atoms with Crippen molar-refractivity contribution in [2.75, 3.05) is 12.0 Å². The smallest absolute Gasteiger partial charge is 0.123 e. The van der Waals surface area contributed by atoms with E-state index < -0.39 is 0 Å². The van der Waals surface area contributed by atoms with Crippen LogP contribution in [-0.2, 0) is 19.5 Å². The first-order valence-corrected chi connectivity index (χ1v) is 7.43. The number of hydrogen-bond acceptors (Lipinski definition) is 3. The Balaban J connectivity index is 1.93. The van der Waals surface area contributed by atoms with Crippen molar-refractivity contribution in [3.05, 3.63) is 59.2 Å². The van der Waals surface area contributed by atoms with Crippen LogP contribution in [0.2, 0.25) is 0 Å². The Bertz CT molecular complexity index is 639. The van der Waals surface area contributed by atoms with Gasteiger partial charge >= 0.3 is 0 Å². The molecular formula is C18H22N2O. The normalized spacial score (nSPS) is 16.9. The second kappa shape index (κ2) is 5.78. The van der Waals surface area contributed by atoms with Gasteiger partial charge in [0.2, 0.25) is 0 Å². The van der Waals surface area contributed by atoms with E-state index in [0.29, 0.717) is 12.6 Å². The minimum Gasteiger partial charge on any atom is -0.496 e. The molecule has 1 aliphatic heterocycles. The van der Waals surface area contributed by atoms with Crippen molar-refractivity contribution >= 4 is 5.69 Å². The SMILES string of the molecule is COc1ccc(CN)cc1CN1c2ccccc2CC1C. The average molecular weight is 282 g/mol. The number of ether oxygens (including phenoxy) is 1. The molecule has 3 heteroatoms. The molecule has 21 heavy (non-hydrogen) atoms. The van der Waals surface area contributed by atoms with Crippen molar-refractivity contribution in [1.82, 2.24) is 0 Å². The molecule has 0 fully saturated rings. The second-order valence-electron chi connectivity index (χ2n) is 5.66. The maximum Gasteiger partial charge on any atom is 0.123 e. The number of rotatable bonds is 4. The highest BCUT2D eigenvalue weighted by Gasteiger charge is 2.26. The van der Waals surface area contributed by atoms with Gasteiger partial charge < -0.3 is 15.4 Å². The van der Waals surface area contributed by atoms with E-state index in [9.17, 15) is 0 Å². The Hall–Kier alpha value is -2.00. The number of methoxy groups -OCH3 is 1. The van der Waals surface area contributed by atoms with Gasteiger partial charge in [-0.05, 0) is 42.7 Å². The topological polar surface area (TPSA) is 38.5 Å². The zero-order valence-electron chi connectivity index (χ0n) is 12.7. The summed E-state index contributed by atoms with van der Waals surface area (Å²) in [5, 5.41) is 0. The van der Waals surface area contributed by atoms with Gasteiger partial charge in [0.15, 0.2) is 0 Å². The molecule has 0 radical (unpaired) electrons. The fraction of sp³-hybridized carbons (Fsp3) is 0.333. The first kappa shape index (κ1) is 14.0. The van der Waals surface area contributed by atoms with Gasteiger partial charge in [-0.3, -0.25) is 0 Å². The van der Waals surface area contributed by atoms with E-state index in [0.717, 1.165) is 24.3 Å².